The summed E-state index contributed by atoms with van der Waals surface area (Å²) in [7, 11) is 0. The van der Waals surface area contributed by atoms with Crippen molar-refractivity contribution in [2.24, 2.45) is 0 Å². The molecule has 0 bridgehead atoms. The van der Waals surface area contributed by atoms with Crippen LogP contribution < -0.4 is 0 Å². The van der Waals surface area contributed by atoms with E-state index < -0.39 is 0 Å². The summed E-state index contributed by atoms with van der Waals surface area (Å²) in [6.45, 7) is 0.738. The number of carbonyl (C=O) groups is 1. The van der Waals surface area contributed by atoms with E-state index in [4.69, 9.17) is 0 Å². The average molecular weight is 382 g/mol. The summed E-state index contributed by atoms with van der Waals surface area (Å²) < 4.78 is 2.00. The van der Waals surface area contributed by atoms with Crippen molar-refractivity contribution in [3.05, 3.63) is 102 Å². The van der Waals surface area contributed by atoms with Crippen LogP contribution in [-0.2, 0) is 4.79 Å². The van der Waals surface area contributed by atoms with E-state index in [2.05, 4.69) is 10.2 Å². The van der Waals surface area contributed by atoms with Crippen LogP contribution in [0.25, 0.3) is 5.65 Å². The van der Waals surface area contributed by atoms with E-state index in [0.717, 1.165) is 42.0 Å². The highest BCUT2D eigenvalue weighted by Gasteiger charge is 2.37. The second kappa shape index (κ2) is 7.51. The third-order valence-electron chi connectivity index (χ3n) is 5.69. The average Bonchev–Trinajstić information content (AvgIpc) is 3.42. The second-order valence-corrected chi connectivity index (χ2v) is 7.43. The van der Waals surface area contributed by atoms with Gasteiger partial charge in [-0.05, 0) is 36.1 Å². The predicted octanol–water partition coefficient (Wildman–Crippen LogP) is 4.22. The van der Waals surface area contributed by atoms with Gasteiger partial charge < -0.3 is 4.90 Å². The number of rotatable bonds is 4. The first-order chi connectivity index (χ1) is 14.3. The minimum atomic E-state index is -0.322. The van der Waals surface area contributed by atoms with Crippen LogP contribution in [0, 0.1) is 0 Å². The lowest BCUT2D eigenvalue weighted by atomic mass is 9.90. The second-order valence-electron chi connectivity index (χ2n) is 7.43. The van der Waals surface area contributed by atoms with Crippen molar-refractivity contribution < 1.29 is 4.79 Å². The lowest BCUT2D eigenvalue weighted by Gasteiger charge is -2.28. The number of hydrogen-bond acceptors (Lipinski definition) is 3. The molecule has 0 saturated carbocycles. The van der Waals surface area contributed by atoms with Gasteiger partial charge in [-0.3, -0.25) is 9.20 Å². The minimum absolute atomic E-state index is 0.0603. The van der Waals surface area contributed by atoms with E-state index in [0.29, 0.717) is 0 Å². The summed E-state index contributed by atoms with van der Waals surface area (Å²) in [6, 6.07) is 25.9. The number of benzene rings is 2. The molecule has 1 saturated heterocycles. The minimum Gasteiger partial charge on any atom is -0.332 e. The van der Waals surface area contributed by atoms with Gasteiger partial charge in [-0.15, -0.1) is 10.2 Å². The molecule has 0 spiro atoms. The molecule has 0 aliphatic carbocycles. The van der Waals surface area contributed by atoms with Gasteiger partial charge in [-0.25, -0.2) is 0 Å². The number of nitrogens with zero attached hydrogens (tertiary/aromatic N) is 4. The van der Waals surface area contributed by atoms with Crippen molar-refractivity contribution in [3.63, 3.8) is 0 Å². The number of fused-ring (bicyclic) bond motifs is 1. The molecule has 5 heteroatoms. The maximum absolute atomic E-state index is 13.9. The van der Waals surface area contributed by atoms with Gasteiger partial charge in [0.25, 0.3) is 0 Å². The van der Waals surface area contributed by atoms with E-state index in [1.165, 1.54) is 0 Å². The van der Waals surface area contributed by atoms with Gasteiger partial charge >= 0.3 is 0 Å². The van der Waals surface area contributed by atoms with E-state index in [-0.39, 0.29) is 17.9 Å². The third kappa shape index (κ3) is 3.18. The Morgan fingerprint density at radius 3 is 2.21 bits per heavy atom. The number of hydrogen-bond donors (Lipinski definition) is 0. The van der Waals surface area contributed by atoms with Gasteiger partial charge in [0.05, 0.1) is 12.0 Å². The number of amides is 1. The Labute approximate surface area is 169 Å². The Morgan fingerprint density at radius 2 is 1.52 bits per heavy atom. The van der Waals surface area contributed by atoms with E-state index in [1.54, 1.807) is 0 Å². The zero-order valence-corrected chi connectivity index (χ0v) is 16.1. The van der Waals surface area contributed by atoms with Gasteiger partial charge in [-0.1, -0.05) is 66.7 Å². The Hall–Kier alpha value is -3.47. The van der Waals surface area contributed by atoms with Crippen LogP contribution in [0.4, 0.5) is 0 Å². The van der Waals surface area contributed by atoms with Gasteiger partial charge in [0.15, 0.2) is 11.5 Å². The first kappa shape index (κ1) is 17.6. The van der Waals surface area contributed by atoms with E-state index >= 15 is 0 Å². The van der Waals surface area contributed by atoms with Gasteiger partial charge in [0.1, 0.15) is 0 Å². The summed E-state index contributed by atoms with van der Waals surface area (Å²) >= 11 is 0. The van der Waals surface area contributed by atoms with Crippen molar-refractivity contribution >= 4 is 11.6 Å². The summed E-state index contributed by atoms with van der Waals surface area (Å²) in [5.41, 5.74) is 2.84. The van der Waals surface area contributed by atoms with Crippen LogP contribution in [0.1, 0.15) is 41.8 Å². The molecule has 1 fully saturated rings. The van der Waals surface area contributed by atoms with Crippen LogP contribution in [0.3, 0.4) is 0 Å². The quantitative estimate of drug-likeness (QED) is 0.531. The standard InChI is InChI=1S/C24H22N4O/c29-24(22(18-10-3-1-4-11-18)19-12-5-2-6-13-19)27-17-9-14-20(27)23-26-25-21-15-7-8-16-28(21)23/h1-8,10-13,15-16,20,22H,9,14,17H2/t20-/m0/s1. The van der Waals surface area contributed by atoms with Crippen LogP contribution in [0.5, 0.6) is 0 Å². The SMILES string of the molecule is O=C(C(c1ccccc1)c1ccccc1)N1CCC[C@H]1c1nnc2ccccn12. The zero-order chi connectivity index (χ0) is 19.6. The van der Waals surface area contributed by atoms with Crippen LogP contribution in [0.15, 0.2) is 85.1 Å². The fraction of sp³-hybridized carbons (Fsp3) is 0.208. The number of likely N-dealkylation sites (tertiary alicyclic amines) is 1. The first-order valence-electron chi connectivity index (χ1n) is 10.0. The Balaban J connectivity index is 1.54. The molecule has 5 rings (SSSR count). The molecule has 4 aromatic rings. The molecule has 0 N–H and O–H groups in total. The molecule has 0 radical (unpaired) electrons. The van der Waals surface area contributed by atoms with E-state index in [1.807, 2.05) is 94.4 Å². The van der Waals surface area contributed by atoms with Crippen molar-refractivity contribution in [1.29, 1.82) is 0 Å². The van der Waals surface area contributed by atoms with Crippen LogP contribution in [0.2, 0.25) is 0 Å². The molecule has 0 unspecified atom stereocenters. The first-order valence-corrected chi connectivity index (χ1v) is 10.0. The molecular weight excluding hydrogens is 360 g/mol. The monoisotopic (exact) mass is 382 g/mol. The topological polar surface area (TPSA) is 50.5 Å². The molecule has 1 aliphatic rings. The Bertz CT molecular complexity index is 1080. The fourth-order valence-corrected chi connectivity index (χ4v) is 4.32. The molecule has 2 aromatic carbocycles. The zero-order valence-electron chi connectivity index (χ0n) is 16.1. The third-order valence-corrected chi connectivity index (χ3v) is 5.69. The summed E-state index contributed by atoms with van der Waals surface area (Å²) in [6.07, 6.45) is 3.84. The molecule has 144 valence electrons. The molecule has 2 aromatic heterocycles. The molecule has 1 atom stereocenters. The lowest BCUT2D eigenvalue weighted by Crippen LogP contribution is -2.36. The highest BCUT2D eigenvalue weighted by atomic mass is 16.2. The van der Waals surface area contributed by atoms with Crippen molar-refractivity contribution in [3.8, 4) is 0 Å². The number of pyridine rings is 1. The van der Waals surface area contributed by atoms with Gasteiger partial charge in [0.2, 0.25) is 5.91 Å². The van der Waals surface area contributed by atoms with Crippen molar-refractivity contribution in [2.75, 3.05) is 6.54 Å². The molecule has 29 heavy (non-hydrogen) atoms. The number of carbonyl (C=O) groups excluding carboxylic acids is 1. The predicted molar refractivity (Wildman–Crippen MR) is 111 cm³/mol. The highest BCUT2D eigenvalue weighted by Crippen LogP contribution is 2.36. The molecule has 3 heterocycles. The molecule has 1 aliphatic heterocycles. The summed E-state index contributed by atoms with van der Waals surface area (Å²) in [5, 5.41) is 8.73. The van der Waals surface area contributed by atoms with Gasteiger partial charge in [-0.2, -0.15) is 0 Å². The Kier molecular flexibility index (Phi) is 4.56. The molecular formula is C24H22N4O. The van der Waals surface area contributed by atoms with Gasteiger partial charge in [0, 0.05) is 12.7 Å². The summed E-state index contributed by atoms with van der Waals surface area (Å²) in [4.78, 5) is 15.9. The maximum atomic E-state index is 13.9. The van der Waals surface area contributed by atoms with Crippen molar-refractivity contribution in [1.82, 2.24) is 19.5 Å². The van der Waals surface area contributed by atoms with Crippen molar-refractivity contribution in [2.45, 2.75) is 24.8 Å². The fourth-order valence-electron chi connectivity index (χ4n) is 4.32. The largest absolute Gasteiger partial charge is 0.332 e. The molecule has 1 amide bonds. The molecule has 5 nitrogen and oxygen atoms in total. The van der Waals surface area contributed by atoms with E-state index in [9.17, 15) is 4.79 Å². The number of aromatic nitrogens is 3. The smallest absolute Gasteiger partial charge is 0.235 e. The normalized spacial score (nSPS) is 16.6. The summed E-state index contributed by atoms with van der Waals surface area (Å²) in [5.74, 6) is 0.640. The van der Waals surface area contributed by atoms with Crippen LogP contribution in [-0.4, -0.2) is 31.9 Å². The Morgan fingerprint density at radius 1 is 0.862 bits per heavy atom. The highest BCUT2D eigenvalue weighted by molar-refractivity contribution is 5.87. The lowest BCUT2D eigenvalue weighted by molar-refractivity contribution is -0.133. The maximum Gasteiger partial charge on any atom is 0.235 e. The van der Waals surface area contributed by atoms with Crippen LogP contribution >= 0.6 is 0 Å².